The number of halogens is 1. The summed E-state index contributed by atoms with van der Waals surface area (Å²) in [5, 5.41) is 0.786. The molecule has 1 saturated heterocycles. The van der Waals surface area contributed by atoms with Crippen molar-refractivity contribution in [2.24, 2.45) is 4.99 Å². The highest BCUT2D eigenvalue weighted by Gasteiger charge is 2.31. The lowest BCUT2D eigenvalue weighted by molar-refractivity contribution is -0.122. The van der Waals surface area contributed by atoms with Crippen LogP contribution in [0.2, 0.25) is 0 Å². The lowest BCUT2D eigenvalue weighted by atomic mass is 10.2. The molecule has 0 saturated carbocycles. The van der Waals surface area contributed by atoms with Gasteiger partial charge in [0, 0.05) is 13.1 Å². The Morgan fingerprint density at radius 3 is 2.63 bits per heavy atom. The van der Waals surface area contributed by atoms with Gasteiger partial charge >= 0.3 is 0 Å². The third-order valence-electron chi connectivity index (χ3n) is 3.99. The van der Waals surface area contributed by atoms with Crippen molar-refractivity contribution in [1.82, 2.24) is 4.90 Å². The molecule has 0 N–H and O–H groups in total. The average molecular weight is 492 g/mol. The number of hydrogen-bond acceptors (Lipinski definition) is 4. The van der Waals surface area contributed by atoms with Gasteiger partial charge in [-0.3, -0.25) is 14.7 Å². The van der Waals surface area contributed by atoms with Crippen LogP contribution in [0.4, 0.5) is 0 Å². The normalized spacial score (nSPS) is 17.1. The van der Waals surface area contributed by atoms with Gasteiger partial charge in [0.15, 0.2) is 5.17 Å². The van der Waals surface area contributed by atoms with Crippen LogP contribution in [0.25, 0.3) is 6.08 Å². The Labute approximate surface area is 177 Å². The molecule has 0 unspecified atom stereocenters. The Morgan fingerprint density at radius 2 is 1.96 bits per heavy atom. The predicted molar refractivity (Wildman–Crippen MR) is 121 cm³/mol. The van der Waals surface area contributed by atoms with Crippen molar-refractivity contribution >= 4 is 51.5 Å². The summed E-state index contributed by atoms with van der Waals surface area (Å²) in [5.74, 6) is 0.865. The molecule has 1 amide bonds. The summed E-state index contributed by atoms with van der Waals surface area (Å²) in [6.07, 6.45) is 1.93. The summed E-state index contributed by atoms with van der Waals surface area (Å²) < 4.78 is 6.94. The second-order valence-electron chi connectivity index (χ2n) is 5.88. The van der Waals surface area contributed by atoms with Crippen molar-refractivity contribution in [3.8, 4) is 5.75 Å². The second kappa shape index (κ2) is 9.41. The van der Waals surface area contributed by atoms with Gasteiger partial charge in [0.1, 0.15) is 12.4 Å². The molecule has 0 atom stereocenters. The van der Waals surface area contributed by atoms with Crippen molar-refractivity contribution in [2.45, 2.75) is 20.5 Å². The molecule has 0 aliphatic carbocycles. The fourth-order valence-corrected chi connectivity index (χ4v) is 4.45. The topological polar surface area (TPSA) is 41.9 Å². The van der Waals surface area contributed by atoms with Crippen molar-refractivity contribution in [3.63, 3.8) is 0 Å². The first-order valence-electron chi connectivity index (χ1n) is 8.84. The molecule has 0 bridgehead atoms. The highest BCUT2D eigenvalue weighted by Crippen LogP contribution is 2.33. The number of thioether (sulfide) groups is 1. The Morgan fingerprint density at radius 1 is 1.19 bits per heavy atom. The van der Waals surface area contributed by atoms with E-state index in [4.69, 9.17) is 4.74 Å². The van der Waals surface area contributed by atoms with E-state index in [2.05, 4.69) is 27.6 Å². The fourth-order valence-electron chi connectivity index (χ4n) is 2.65. The summed E-state index contributed by atoms with van der Waals surface area (Å²) in [6.45, 7) is 5.78. The van der Waals surface area contributed by atoms with Crippen molar-refractivity contribution in [2.75, 3.05) is 13.1 Å². The molecule has 2 aromatic rings. The molecule has 6 heteroatoms. The van der Waals surface area contributed by atoms with Gasteiger partial charge in [0.05, 0.1) is 8.48 Å². The van der Waals surface area contributed by atoms with Crippen LogP contribution in [0.3, 0.4) is 0 Å². The SMILES string of the molecule is CCN=C1S/C(=C/c2ccc(OCc3ccccc3)c(I)c2)C(=O)N1CC. The third kappa shape index (κ3) is 4.93. The highest BCUT2D eigenvalue weighted by molar-refractivity contribution is 14.1. The first-order valence-corrected chi connectivity index (χ1v) is 10.7. The van der Waals surface area contributed by atoms with E-state index >= 15 is 0 Å². The number of hydrogen-bond donors (Lipinski definition) is 0. The number of nitrogens with zero attached hydrogens (tertiary/aromatic N) is 2. The Balaban J connectivity index is 1.74. The molecule has 0 aromatic heterocycles. The van der Waals surface area contributed by atoms with E-state index in [0.29, 0.717) is 24.6 Å². The minimum Gasteiger partial charge on any atom is -0.488 e. The monoisotopic (exact) mass is 492 g/mol. The summed E-state index contributed by atoms with van der Waals surface area (Å²) in [4.78, 5) is 19.4. The third-order valence-corrected chi connectivity index (χ3v) is 5.88. The second-order valence-corrected chi connectivity index (χ2v) is 8.05. The highest BCUT2D eigenvalue weighted by atomic mass is 127. The van der Waals surface area contributed by atoms with Crippen LogP contribution in [0.1, 0.15) is 25.0 Å². The van der Waals surface area contributed by atoms with Gasteiger partial charge in [-0.2, -0.15) is 0 Å². The molecule has 0 spiro atoms. The first-order chi connectivity index (χ1) is 13.1. The zero-order valence-electron chi connectivity index (χ0n) is 15.3. The van der Waals surface area contributed by atoms with E-state index in [-0.39, 0.29) is 5.91 Å². The fraction of sp³-hybridized carbons (Fsp3) is 0.238. The largest absolute Gasteiger partial charge is 0.488 e. The van der Waals surface area contributed by atoms with Crippen molar-refractivity contribution in [3.05, 3.63) is 68.1 Å². The molecule has 3 rings (SSSR count). The summed E-state index contributed by atoms with van der Waals surface area (Å²) in [6, 6.07) is 16.1. The van der Waals surface area contributed by atoms with Gasteiger partial charge < -0.3 is 4.74 Å². The van der Waals surface area contributed by atoms with E-state index in [0.717, 1.165) is 25.6 Å². The van der Waals surface area contributed by atoms with E-state index in [1.165, 1.54) is 11.8 Å². The minimum absolute atomic E-state index is 0.0223. The lowest BCUT2D eigenvalue weighted by Crippen LogP contribution is -2.28. The zero-order valence-corrected chi connectivity index (χ0v) is 18.3. The molecular formula is C21H21IN2O2S. The molecule has 1 fully saturated rings. The first kappa shape index (κ1) is 19.9. The standard InChI is InChI=1S/C21H21IN2O2S/c1-3-23-21-24(4-2)20(25)19(27-21)13-16-10-11-18(17(22)12-16)26-14-15-8-6-5-7-9-15/h5-13H,3-4,14H2,1-2H3/b19-13+,23-21?. The number of amidine groups is 1. The van der Waals surface area contributed by atoms with Crippen LogP contribution in [0.5, 0.6) is 5.75 Å². The maximum Gasteiger partial charge on any atom is 0.266 e. The van der Waals surface area contributed by atoms with Crippen molar-refractivity contribution < 1.29 is 9.53 Å². The molecule has 1 aliphatic heterocycles. The van der Waals surface area contributed by atoms with Gasteiger partial charge in [-0.15, -0.1) is 0 Å². The van der Waals surface area contributed by atoms with Crippen LogP contribution in [-0.4, -0.2) is 29.1 Å². The number of rotatable bonds is 6. The van der Waals surface area contributed by atoms with E-state index in [1.807, 2.05) is 68.5 Å². The summed E-state index contributed by atoms with van der Waals surface area (Å²) in [5.41, 5.74) is 2.12. The summed E-state index contributed by atoms with van der Waals surface area (Å²) in [7, 11) is 0. The number of likely N-dealkylation sites (N-methyl/N-ethyl adjacent to an activating group) is 1. The number of benzene rings is 2. The van der Waals surface area contributed by atoms with Crippen LogP contribution < -0.4 is 4.74 Å². The number of amides is 1. The molecule has 27 heavy (non-hydrogen) atoms. The number of carbonyl (C=O) groups is 1. The minimum atomic E-state index is 0.0223. The van der Waals surface area contributed by atoms with Crippen molar-refractivity contribution in [1.29, 1.82) is 0 Å². The van der Waals surface area contributed by atoms with Crippen LogP contribution in [0, 0.1) is 3.57 Å². The van der Waals surface area contributed by atoms with Crippen LogP contribution in [-0.2, 0) is 11.4 Å². The maximum absolute atomic E-state index is 12.6. The molecule has 1 aliphatic rings. The molecule has 1 heterocycles. The average Bonchev–Trinajstić information content (AvgIpc) is 2.96. The molecular weight excluding hydrogens is 471 g/mol. The maximum atomic E-state index is 12.6. The van der Waals surface area contributed by atoms with Gasteiger partial charge in [-0.1, -0.05) is 36.4 Å². The number of ether oxygens (including phenoxy) is 1. The van der Waals surface area contributed by atoms with Crippen LogP contribution >= 0.6 is 34.4 Å². The number of aliphatic imine (C=N–C) groups is 1. The molecule has 4 nitrogen and oxygen atoms in total. The van der Waals surface area contributed by atoms with E-state index in [1.54, 1.807) is 4.90 Å². The predicted octanol–water partition coefficient (Wildman–Crippen LogP) is 5.18. The number of carbonyl (C=O) groups excluding carboxylic acids is 1. The zero-order chi connectivity index (χ0) is 19.2. The van der Waals surface area contributed by atoms with Gasteiger partial charge in [0.25, 0.3) is 5.91 Å². The van der Waals surface area contributed by atoms with Gasteiger partial charge in [-0.05, 0) is 77.5 Å². The smallest absolute Gasteiger partial charge is 0.266 e. The van der Waals surface area contributed by atoms with Crippen LogP contribution in [0.15, 0.2) is 58.4 Å². The Hall–Kier alpha value is -1.80. The van der Waals surface area contributed by atoms with Gasteiger partial charge in [-0.25, -0.2) is 0 Å². The van der Waals surface area contributed by atoms with E-state index in [9.17, 15) is 4.79 Å². The molecule has 2 aromatic carbocycles. The Bertz CT molecular complexity index is 881. The van der Waals surface area contributed by atoms with Gasteiger partial charge in [0.2, 0.25) is 0 Å². The lowest BCUT2D eigenvalue weighted by Gasteiger charge is -2.11. The Kier molecular flexibility index (Phi) is 6.95. The molecule has 140 valence electrons. The van der Waals surface area contributed by atoms with E-state index < -0.39 is 0 Å². The quantitative estimate of drug-likeness (QED) is 0.412. The molecule has 0 radical (unpaired) electrons. The summed E-state index contributed by atoms with van der Waals surface area (Å²) >= 11 is 3.71.